The van der Waals surface area contributed by atoms with E-state index >= 15 is 0 Å². The van der Waals surface area contributed by atoms with Crippen LogP contribution in [0, 0.1) is 17.8 Å². The fourth-order valence-corrected chi connectivity index (χ4v) is 6.62. The molecule has 2 unspecified atom stereocenters. The number of carbonyl (C=O) groups excluding carboxylic acids is 3. The maximum absolute atomic E-state index is 12.9. The van der Waals surface area contributed by atoms with Gasteiger partial charge in [0.15, 0.2) is 6.54 Å². The van der Waals surface area contributed by atoms with Gasteiger partial charge in [0.05, 0.1) is 18.7 Å². The summed E-state index contributed by atoms with van der Waals surface area (Å²) in [7, 11) is 0. The van der Waals surface area contributed by atoms with Gasteiger partial charge in [-0.25, -0.2) is 19.4 Å². The van der Waals surface area contributed by atoms with Gasteiger partial charge in [-0.15, -0.1) is 0 Å². The SMILES string of the molecule is CC1=C(OCCC(C)C2CCN(C(=O)N=C(N)C(C)C)CC2)C=CCCC(N2CC(=[N+]3CCCCC3=O)C(NC(=O)OC(C)(C)C)C2)=N1. The first-order chi connectivity index (χ1) is 22.7. The van der Waals surface area contributed by atoms with E-state index in [0.717, 1.165) is 67.9 Å². The van der Waals surface area contributed by atoms with Crippen molar-refractivity contribution in [1.29, 1.82) is 0 Å². The summed E-state index contributed by atoms with van der Waals surface area (Å²) in [6.07, 6.45) is 10.4. The topological polar surface area (TPSA) is 142 Å². The van der Waals surface area contributed by atoms with Crippen LogP contribution in [0.4, 0.5) is 9.59 Å². The van der Waals surface area contributed by atoms with Gasteiger partial charge in [-0.1, -0.05) is 26.8 Å². The molecule has 4 aliphatic heterocycles. The second-order valence-corrected chi connectivity index (χ2v) is 14.9. The Morgan fingerprint density at radius 2 is 1.90 bits per heavy atom. The number of nitrogens with two attached hydrogens (primary N) is 1. The fourth-order valence-electron chi connectivity index (χ4n) is 6.62. The number of likely N-dealkylation sites (tertiary alicyclic amines) is 2. The third kappa shape index (κ3) is 10.4. The Labute approximate surface area is 286 Å². The van der Waals surface area contributed by atoms with Crippen LogP contribution < -0.4 is 11.1 Å². The van der Waals surface area contributed by atoms with Gasteiger partial charge in [0.2, 0.25) is 5.71 Å². The molecule has 0 aromatic heterocycles. The first-order valence-electron chi connectivity index (χ1n) is 17.8. The van der Waals surface area contributed by atoms with Crippen molar-refractivity contribution in [3.63, 3.8) is 0 Å². The highest BCUT2D eigenvalue weighted by molar-refractivity contribution is 5.99. The summed E-state index contributed by atoms with van der Waals surface area (Å²) in [6, 6.07) is -0.574. The highest BCUT2D eigenvalue weighted by Gasteiger charge is 2.41. The number of urea groups is 1. The summed E-state index contributed by atoms with van der Waals surface area (Å²) in [5.41, 5.74) is 6.99. The highest BCUT2D eigenvalue weighted by Crippen LogP contribution is 2.28. The molecule has 4 heterocycles. The first-order valence-corrected chi connectivity index (χ1v) is 17.8. The minimum atomic E-state index is -0.620. The molecule has 3 N–H and O–H groups in total. The van der Waals surface area contributed by atoms with Gasteiger partial charge in [0, 0.05) is 38.4 Å². The molecule has 48 heavy (non-hydrogen) atoms. The smallest absolute Gasteiger partial charge is 0.408 e. The Morgan fingerprint density at radius 1 is 1.17 bits per heavy atom. The monoisotopic (exact) mass is 668 g/mol. The maximum Gasteiger partial charge on any atom is 0.408 e. The molecule has 12 heteroatoms. The molecule has 0 aromatic rings. The van der Waals surface area contributed by atoms with Crippen molar-refractivity contribution in [1.82, 2.24) is 15.1 Å². The van der Waals surface area contributed by atoms with E-state index in [1.54, 1.807) is 4.90 Å². The summed E-state index contributed by atoms with van der Waals surface area (Å²) < 4.78 is 13.7. The molecule has 2 atom stereocenters. The normalized spacial score (nSPS) is 24.0. The van der Waals surface area contributed by atoms with E-state index < -0.39 is 11.7 Å². The minimum absolute atomic E-state index is 0.0543. The van der Waals surface area contributed by atoms with Crippen molar-refractivity contribution in [2.24, 2.45) is 33.5 Å². The summed E-state index contributed by atoms with van der Waals surface area (Å²) in [4.78, 5) is 51.3. The van der Waals surface area contributed by atoms with Crippen molar-refractivity contribution in [2.75, 3.05) is 39.3 Å². The maximum atomic E-state index is 12.9. The Kier molecular flexibility index (Phi) is 12.8. The lowest BCUT2D eigenvalue weighted by atomic mass is 9.84. The zero-order valence-corrected chi connectivity index (χ0v) is 30.2. The molecule has 0 saturated carbocycles. The molecule has 0 spiro atoms. The summed E-state index contributed by atoms with van der Waals surface area (Å²) >= 11 is 0. The molecule has 12 nitrogen and oxygen atoms in total. The lowest BCUT2D eigenvalue weighted by molar-refractivity contribution is -0.458. The summed E-state index contributed by atoms with van der Waals surface area (Å²) in [5.74, 6) is 3.20. The Hall–Kier alpha value is -3.70. The van der Waals surface area contributed by atoms with Crippen LogP contribution in [-0.2, 0) is 14.3 Å². The highest BCUT2D eigenvalue weighted by atomic mass is 16.6. The summed E-state index contributed by atoms with van der Waals surface area (Å²) in [6.45, 7) is 17.3. The molecular weight excluding hydrogens is 610 g/mol. The molecule has 266 valence electrons. The van der Waals surface area contributed by atoms with E-state index in [4.69, 9.17) is 20.2 Å². The minimum Gasteiger partial charge on any atom is -0.492 e. The first kappa shape index (κ1) is 37.1. The third-order valence-electron chi connectivity index (χ3n) is 9.60. The average Bonchev–Trinajstić information content (AvgIpc) is 3.42. The van der Waals surface area contributed by atoms with Crippen LogP contribution in [0.5, 0.6) is 0 Å². The second kappa shape index (κ2) is 16.6. The van der Waals surface area contributed by atoms with E-state index in [1.807, 2.05) is 52.2 Å². The van der Waals surface area contributed by atoms with Crippen molar-refractivity contribution in [3.05, 3.63) is 23.6 Å². The van der Waals surface area contributed by atoms with Gasteiger partial charge in [-0.3, -0.25) is 0 Å². The van der Waals surface area contributed by atoms with Gasteiger partial charge in [-0.2, -0.15) is 9.57 Å². The van der Waals surface area contributed by atoms with Crippen LogP contribution in [0.25, 0.3) is 0 Å². The Balaban J connectivity index is 1.37. The molecule has 0 radical (unpaired) electrons. The number of carbonyl (C=O) groups is 3. The molecular formula is C36H58N7O5+. The fraction of sp³-hybridized carbons (Fsp3) is 0.722. The Morgan fingerprint density at radius 3 is 2.56 bits per heavy atom. The largest absolute Gasteiger partial charge is 0.492 e. The van der Waals surface area contributed by atoms with Crippen LogP contribution in [0.1, 0.15) is 99.8 Å². The lowest BCUT2D eigenvalue weighted by Gasteiger charge is -2.34. The summed E-state index contributed by atoms with van der Waals surface area (Å²) in [5, 5.41) is 3.04. The van der Waals surface area contributed by atoms with Crippen LogP contribution in [-0.4, -0.2) is 101 Å². The van der Waals surface area contributed by atoms with E-state index in [-0.39, 0.29) is 23.9 Å². The number of hydrogen-bond donors (Lipinski definition) is 2. The number of amidine groups is 2. The van der Waals surface area contributed by atoms with Gasteiger partial charge < -0.3 is 30.3 Å². The predicted octanol–water partition coefficient (Wildman–Crippen LogP) is 5.23. The average molecular weight is 669 g/mol. The number of hydrogen-bond acceptors (Lipinski definition) is 7. The van der Waals surface area contributed by atoms with Crippen LogP contribution in [0.2, 0.25) is 0 Å². The zero-order chi connectivity index (χ0) is 35.0. The molecule has 3 fully saturated rings. The molecule has 0 bridgehead atoms. The Bertz CT molecular complexity index is 1350. The van der Waals surface area contributed by atoms with E-state index in [1.165, 1.54) is 0 Å². The number of amides is 4. The lowest BCUT2D eigenvalue weighted by Crippen LogP contribution is -2.47. The molecule has 4 amide bonds. The number of allylic oxidation sites excluding steroid dienone is 3. The van der Waals surface area contributed by atoms with E-state index in [0.29, 0.717) is 63.4 Å². The second-order valence-electron chi connectivity index (χ2n) is 14.9. The number of ether oxygens (including phenoxy) is 2. The molecule has 0 aliphatic carbocycles. The van der Waals surface area contributed by atoms with Crippen LogP contribution >= 0.6 is 0 Å². The van der Waals surface area contributed by atoms with Crippen molar-refractivity contribution in [2.45, 2.75) is 111 Å². The van der Waals surface area contributed by atoms with Gasteiger partial charge in [-0.05, 0) is 77.7 Å². The number of nitrogens with zero attached hydrogens (tertiary/aromatic N) is 5. The quantitative estimate of drug-likeness (QED) is 0.215. The van der Waals surface area contributed by atoms with Crippen molar-refractivity contribution in [3.8, 4) is 0 Å². The predicted molar refractivity (Wildman–Crippen MR) is 188 cm³/mol. The van der Waals surface area contributed by atoms with Crippen molar-refractivity contribution < 1.29 is 28.4 Å². The number of nitrogens with one attached hydrogen (secondary N) is 1. The van der Waals surface area contributed by atoms with Crippen LogP contribution in [0.3, 0.4) is 0 Å². The molecule has 4 rings (SSSR count). The van der Waals surface area contributed by atoms with Crippen LogP contribution in [0.15, 0.2) is 33.6 Å². The van der Waals surface area contributed by atoms with Gasteiger partial charge >= 0.3 is 18.0 Å². The number of aliphatic imine (C=N–C) groups is 2. The van der Waals surface area contributed by atoms with Gasteiger partial charge in [0.25, 0.3) is 0 Å². The molecule has 4 aliphatic rings. The number of piperidine rings is 2. The number of alkyl carbamates (subject to hydrolysis) is 1. The van der Waals surface area contributed by atoms with E-state index in [2.05, 4.69) is 28.2 Å². The molecule has 3 saturated heterocycles. The van der Waals surface area contributed by atoms with Gasteiger partial charge in [0.1, 0.15) is 35.6 Å². The number of rotatable bonds is 7. The molecule has 0 aromatic carbocycles. The zero-order valence-electron chi connectivity index (χ0n) is 30.2. The standard InChI is InChI=1S/C36H57N7O5/c1-24(2)33(37)40-34(45)41-19-15-27(16-20-41)25(3)17-21-47-30-12-8-9-13-31(38-26(30)4)42-22-28(39-35(46)48-36(5,6)7)29(23-42)43-18-11-10-14-32(43)44/h8,12,24-25,27-28H,9-11,13-23H2,1-7H3,(H2-,37,39,40,45,46)/p+1. The van der Waals surface area contributed by atoms with Crippen molar-refractivity contribution >= 4 is 35.4 Å². The third-order valence-corrected chi connectivity index (χ3v) is 9.60. The van der Waals surface area contributed by atoms with E-state index in [9.17, 15) is 14.4 Å².